The van der Waals surface area contributed by atoms with Gasteiger partial charge in [0, 0.05) is 13.0 Å². The Morgan fingerprint density at radius 1 is 1.35 bits per heavy atom. The van der Waals surface area contributed by atoms with Crippen molar-refractivity contribution in [3.63, 3.8) is 0 Å². The molecule has 0 saturated carbocycles. The Balaban J connectivity index is 3.22. The molecular formula is C13H22N4O3. The van der Waals surface area contributed by atoms with Gasteiger partial charge >= 0.3 is 5.69 Å². The van der Waals surface area contributed by atoms with Crippen molar-refractivity contribution in [2.75, 3.05) is 18.5 Å². The first-order valence-electron chi connectivity index (χ1n) is 6.91. The molecule has 112 valence electrons. The fourth-order valence-electron chi connectivity index (χ4n) is 1.62. The number of rotatable bonds is 8. The highest BCUT2D eigenvalue weighted by Gasteiger charge is 2.26. The molecule has 0 aliphatic carbocycles. The van der Waals surface area contributed by atoms with E-state index in [0.717, 1.165) is 6.42 Å². The van der Waals surface area contributed by atoms with Crippen molar-refractivity contribution < 1.29 is 9.66 Å². The van der Waals surface area contributed by atoms with Crippen LogP contribution in [-0.2, 0) is 6.42 Å². The monoisotopic (exact) mass is 282 g/mol. The van der Waals surface area contributed by atoms with E-state index in [0.29, 0.717) is 25.4 Å². The van der Waals surface area contributed by atoms with Gasteiger partial charge in [0.15, 0.2) is 0 Å². The number of hydrogen-bond acceptors (Lipinski definition) is 6. The molecule has 1 aromatic heterocycles. The average Bonchev–Trinajstić information content (AvgIpc) is 2.36. The summed E-state index contributed by atoms with van der Waals surface area (Å²) in [6, 6.07) is 0. The summed E-state index contributed by atoms with van der Waals surface area (Å²) >= 11 is 0. The molecule has 1 N–H and O–H groups in total. The molecule has 7 nitrogen and oxygen atoms in total. The van der Waals surface area contributed by atoms with Crippen LogP contribution in [0.2, 0.25) is 0 Å². The minimum Gasteiger partial charge on any atom is -0.472 e. The standard InChI is InChI=1S/C13H22N4O3/c1-5-7-10-15-12(14-6-2)11(17(18)19)13(16-10)20-8-9(3)4/h9H,5-8H2,1-4H3,(H,14,15,16). The fraction of sp³-hybridized carbons (Fsp3) is 0.692. The van der Waals surface area contributed by atoms with Gasteiger partial charge < -0.3 is 10.1 Å². The summed E-state index contributed by atoms with van der Waals surface area (Å²) in [5.74, 6) is 1.11. The number of nitrogens with one attached hydrogen (secondary N) is 1. The Kier molecular flexibility index (Phi) is 6.14. The molecule has 20 heavy (non-hydrogen) atoms. The maximum absolute atomic E-state index is 11.2. The van der Waals surface area contributed by atoms with Crippen LogP contribution in [-0.4, -0.2) is 28.0 Å². The lowest BCUT2D eigenvalue weighted by Gasteiger charge is -2.12. The molecule has 0 spiro atoms. The van der Waals surface area contributed by atoms with Gasteiger partial charge in [0.25, 0.3) is 5.88 Å². The number of hydrogen-bond donors (Lipinski definition) is 1. The Bertz CT molecular complexity index is 463. The van der Waals surface area contributed by atoms with E-state index in [9.17, 15) is 10.1 Å². The lowest BCUT2D eigenvalue weighted by atomic mass is 10.2. The van der Waals surface area contributed by atoms with E-state index in [1.807, 2.05) is 27.7 Å². The van der Waals surface area contributed by atoms with E-state index in [1.165, 1.54) is 0 Å². The molecule has 0 radical (unpaired) electrons. The van der Waals surface area contributed by atoms with Gasteiger partial charge in [0.1, 0.15) is 5.82 Å². The number of nitrogens with zero attached hydrogens (tertiary/aromatic N) is 3. The van der Waals surface area contributed by atoms with E-state index < -0.39 is 4.92 Å². The fourth-order valence-corrected chi connectivity index (χ4v) is 1.62. The highest BCUT2D eigenvalue weighted by molar-refractivity contribution is 5.61. The Labute approximate surface area is 118 Å². The molecule has 0 amide bonds. The van der Waals surface area contributed by atoms with Crippen molar-refractivity contribution in [3.05, 3.63) is 15.9 Å². The first-order valence-corrected chi connectivity index (χ1v) is 6.91. The van der Waals surface area contributed by atoms with Gasteiger partial charge in [0.2, 0.25) is 5.82 Å². The first-order chi connectivity index (χ1) is 9.49. The highest BCUT2D eigenvalue weighted by Crippen LogP contribution is 2.32. The maximum atomic E-state index is 11.2. The molecule has 0 unspecified atom stereocenters. The van der Waals surface area contributed by atoms with Gasteiger partial charge in [-0.05, 0) is 19.3 Å². The van der Waals surface area contributed by atoms with Crippen LogP contribution in [0, 0.1) is 16.0 Å². The molecule has 1 aromatic rings. The summed E-state index contributed by atoms with van der Waals surface area (Å²) in [5, 5.41) is 14.1. The third-order valence-corrected chi connectivity index (χ3v) is 2.45. The van der Waals surface area contributed by atoms with Crippen molar-refractivity contribution >= 4 is 11.5 Å². The van der Waals surface area contributed by atoms with Crippen LogP contribution in [0.3, 0.4) is 0 Å². The Morgan fingerprint density at radius 2 is 2.05 bits per heavy atom. The largest absolute Gasteiger partial charge is 0.472 e. The molecule has 0 atom stereocenters. The van der Waals surface area contributed by atoms with E-state index in [4.69, 9.17) is 4.74 Å². The molecule has 0 saturated heterocycles. The van der Waals surface area contributed by atoms with E-state index in [-0.39, 0.29) is 23.3 Å². The van der Waals surface area contributed by atoms with Gasteiger partial charge in [-0.15, -0.1) is 0 Å². The number of aryl methyl sites for hydroxylation is 1. The molecule has 0 aliphatic heterocycles. The minimum absolute atomic E-state index is 0.0538. The summed E-state index contributed by atoms with van der Waals surface area (Å²) in [7, 11) is 0. The van der Waals surface area contributed by atoms with Crippen LogP contribution < -0.4 is 10.1 Å². The van der Waals surface area contributed by atoms with Crippen LogP contribution in [0.1, 0.15) is 39.9 Å². The smallest absolute Gasteiger partial charge is 0.372 e. The van der Waals surface area contributed by atoms with Crippen LogP contribution >= 0.6 is 0 Å². The molecule has 0 aliphatic rings. The second-order valence-electron chi connectivity index (χ2n) is 4.88. The maximum Gasteiger partial charge on any atom is 0.372 e. The summed E-state index contributed by atoms with van der Waals surface area (Å²) in [5.41, 5.74) is -0.188. The molecule has 1 rings (SSSR count). The topological polar surface area (TPSA) is 90.2 Å². The molecule has 7 heteroatoms. The predicted octanol–water partition coefficient (Wildman–Crippen LogP) is 2.80. The molecular weight excluding hydrogens is 260 g/mol. The summed E-state index contributed by atoms with van der Waals surface area (Å²) in [6.45, 7) is 8.75. The van der Waals surface area contributed by atoms with Gasteiger partial charge in [-0.3, -0.25) is 10.1 Å². The van der Waals surface area contributed by atoms with Crippen LogP contribution in [0.5, 0.6) is 5.88 Å². The highest BCUT2D eigenvalue weighted by atomic mass is 16.6. The first kappa shape index (κ1) is 16.1. The third kappa shape index (κ3) is 4.32. The molecule has 0 aromatic carbocycles. The van der Waals surface area contributed by atoms with Crippen molar-refractivity contribution in [2.24, 2.45) is 5.92 Å². The van der Waals surface area contributed by atoms with E-state index in [2.05, 4.69) is 15.3 Å². The Morgan fingerprint density at radius 3 is 2.55 bits per heavy atom. The van der Waals surface area contributed by atoms with Gasteiger partial charge in [-0.1, -0.05) is 20.8 Å². The third-order valence-electron chi connectivity index (χ3n) is 2.45. The van der Waals surface area contributed by atoms with Crippen molar-refractivity contribution in [3.8, 4) is 5.88 Å². The van der Waals surface area contributed by atoms with E-state index in [1.54, 1.807) is 0 Å². The predicted molar refractivity (Wildman–Crippen MR) is 77.2 cm³/mol. The SMILES string of the molecule is CCCc1nc(NCC)c([N+](=O)[O-])c(OCC(C)C)n1. The lowest BCUT2D eigenvalue weighted by Crippen LogP contribution is -2.13. The normalized spacial score (nSPS) is 10.7. The van der Waals surface area contributed by atoms with Crippen molar-refractivity contribution in [1.29, 1.82) is 0 Å². The zero-order chi connectivity index (χ0) is 15.1. The number of aromatic nitrogens is 2. The molecule has 0 bridgehead atoms. The van der Waals surface area contributed by atoms with Crippen molar-refractivity contribution in [2.45, 2.75) is 40.5 Å². The second-order valence-corrected chi connectivity index (χ2v) is 4.88. The zero-order valence-electron chi connectivity index (χ0n) is 12.5. The Hall–Kier alpha value is -1.92. The number of ether oxygens (including phenoxy) is 1. The van der Waals surface area contributed by atoms with Gasteiger partial charge in [-0.2, -0.15) is 4.98 Å². The van der Waals surface area contributed by atoms with Crippen LogP contribution in [0.15, 0.2) is 0 Å². The van der Waals surface area contributed by atoms with Gasteiger partial charge in [-0.25, -0.2) is 4.98 Å². The van der Waals surface area contributed by atoms with Crippen molar-refractivity contribution in [1.82, 2.24) is 9.97 Å². The number of nitro groups is 1. The summed E-state index contributed by atoms with van der Waals surface area (Å²) in [4.78, 5) is 19.1. The average molecular weight is 282 g/mol. The number of anilines is 1. The van der Waals surface area contributed by atoms with Crippen LogP contribution in [0.4, 0.5) is 11.5 Å². The van der Waals surface area contributed by atoms with E-state index >= 15 is 0 Å². The quantitative estimate of drug-likeness (QED) is 0.582. The molecule has 0 fully saturated rings. The van der Waals surface area contributed by atoms with Crippen LogP contribution in [0.25, 0.3) is 0 Å². The summed E-state index contributed by atoms with van der Waals surface area (Å²) < 4.78 is 5.50. The minimum atomic E-state index is -0.497. The molecule has 1 heterocycles. The van der Waals surface area contributed by atoms with Gasteiger partial charge in [0.05, 0.1) is 11.5 Å². The summed E-state index contributed by atoms with van der Waals surface area (Å²) in [6.07, 6.45) is 1.53. The zero-order valence-corrected chi connectivity index (χ0v) is 12.5. The lowest BCUT2D eigenvalue weighted by molar-refractivity contribution is -0.385. The second kappa shape index (κ2) is 7.62.